The van der Waals surface area contributed by atoms with Crippen LogP contribution >= 0.6 is 0 Å². The SMILES string of the molecule is Cc1cc(CO)cnc1N(CCCO)C1CCC1. The Morgan fingerprint density at radius 1 is 1.39 bits per heavy atom. The number of aryl methyl sites for hydroxylation is 1. The Hall–Kier alpha value is -1.13. The lowest BCUT2D eigenvalue weighted by molar-refractivity contribution is 0.280. The van der Waals surface area contributed by atoms with Gasteiger partial charge < -0.3 is 15.1 Å². The van der Waals surface area contributed by atoms with Crippen LogP contribution in [0.3, 0.4) is 0 Å². The molecular formula is C14H22N2O2. The molecule has 0 bridgehead atoms. The molecule has 100 valence electrons. The van der Waals surface area contributed by atoms with Gasteiger partial charge in [0.2, 0.25) is 0 Å². The predicted molar refractivity (Wildman–Crippen MR) is 71.6 cm³/mol. The summed E-state index contributed by atoms with van der Waals surface area (Å²) >= 11 is 0. The summed E-state index contributed by atoms with van der Waals surface area (Å²) in [5, 5.41) is 18.1. The van der Waals surface area contributed by atoms with Gasteiger partial charge in [-0.25, -0.2) is 4.98 Å². The summed E-state index contributed by atoms with van der Waals surface area (Å²) in [5.41, 5.74) is 1.96. The van der Waals surface area contributed by atoms with E-state index < -0.39 is 0 Å². The van der Waals surface area contributed by atoms with E-state index in [0.29, 0.717) is 6.04 Å². The third-order valence-electron chi connectivity index (χ3n) is 3.63. The summed E-state index contributed by atoms with van der Waals surface area (Å²) < 4.78 is 0. The van der Waals surface area contributed by atoms with Crippen LogP contribution in [0.5, 0.6) is 0 Å². The molecule has 1 aromatic rings. The first-order chi connectivity index (χ1) is 8.76. The third kappa shape index (κ3) is 2.82. The lowest BCUT2D eigenvalue weighted by atomic mass is 9.91. The van der Waals surface area contributed by atoms with Gasteiger partial charge in [-0.3, -0.25) is 0 Å². The zero-order chi connectivity index (χ0) is 13.0. The number of aromatic nitrogens is 1. The molecule has 4 nitrogen and oxygen atoms in total. The molecule has 1 aliphatic carbocycles. The number of aliphatic hydroxyl groups is 2. The van der Waals surface area contributed by atoms with E-state index in [0.717, 1.165) is 29.9 Å². The quantitative estimate of drug-likeness (QED) is 0.805. The molecule has 4 heteroatoms. The summed E-state index contributed by atoms with van der Waals surface area (Å²) in [6.45, 7) is 3.14. The van der Waals surface area contributed by atoms with Crippen LogP contribution in [-0.4, -0.2) is 34.4 Å². The monoisotopic (exact) mass is 250 g/mol. The van der Waals surface area contributed by atoms with E-state index in [1.54, 1.807) is 6.20 Å². The Balaban J connectivity index is 2.18. The largest absolute Gasteiger partial charge is 0.396 e. The molecule has 0 spiro atoms. The fourth-order valence-corrected chi connectivity index (χ4v) is 2.41. The van der Waals surface area contributed by atoms with Crippen molar-refractivity contribution in [1.82, 2.24) is 4.98 Å². The zero-order valence-electron chi connectivity index (χ0n) is 11.0. The van der Waals surface area contributed by atoms with Gasteiger partial charge in [0.05, 0.1) is 6.61 Å². The second-order valence-electron chi connectivity index (χ2n) is 5.00. The van der Waals surface area contributed by atoms with Crippen molar-refractivity contribution in [2.75, 3.05) is 18.1 Å². The van der Waals surface area contributed by atoms with Crippen LogP contribution in [0.1, 0.15) is 36.8 Å². The zero-order valence-corrected chi connectivity index (χ0v) is 11.0. The van der Waals surface area contributed by atoms with Crippen LogP contribution in [0.15, 0.2) is 12.3 Å². The van der Waals surface area contributed by atoms with Crippen molar-refractivity contribution in [3.05, 3.63) is 23.4 Å². The van der Waals surface area contributed by atoms with Crippen molar-refractivity contribution in [2.24, 2.45) is 0 Å². The highest BCUT2D eigenvalue weighted by Crippen LogP contribution is 2.30. The Morgan fingerprint density at radius 3 is 2.67 bits per heavy atom. The molecule has 0 atom stereocenters. The minimum atomic E-state index is 0.0359. The van der Waals surface area contributed by atoms with E-state index in [1.165, 1.54) is 19.3 Å². The molecule has 2 rings (SSSR count). The fraction of sp³-hybridized carbons (Fsp3) is 0.643. The van der Waals surface area contributed by atoms with Crippen LogP contribution in [0.2, 0.25) is 0 Å². The molecular weight excluding hydrogens is 228 g/mol. The van der Waals surface area contributed by atoms with E-state index in [4.69, 9.17) is 10.2 Å². The van der Waals surface area contributed by atoms with Crippen LogP contribution in [0.25, 0.3) is 0 Å². The number of pyridine rings is 1. The van der Waals surface area contributed by atoms with Gasteiger partial charge in [0.25, 0.3) is 0 Å². The molecule has 1 saturated carbocycles. The molecule has 0 amide bonds. The molecule has 0 radical (unpaired) electrons. The number of nitrogens with zero attached hydrogens (tertiary/aromatic N) is 2. The lowest BCUT2D eigenvalue weighted by Gasteiger charge is -2.39. The Morgan fingerprint density at radius 2 is 2.17 bits per heavy atom. The molecule has 18 heavy (non-hydrogen) atoms. The number of hydrogen-bond acceptors (Lipinski definition) is 4. The van der Waals surface area contributed by atoms with Crippen molar-refractivity contribution in [3.8, 4) is 0 Å². The van der Waals surface area contributed by atoms with Gasteiger partial charge in [-0.15, -0.1) is 0 Å². The van der Waals surface area contributed by atoms with Gasteiger partial charge in [-0.2, -0.15) is 0 Å². The fourth-order valence-electron chi connectivity index (χ4n) is 2.41. The maximum Gasteiger partial charge on any atom is 0.131 e. The smallest absolute Gasteiger partial charge is 0.131 e. The van der Waals surface area contributed by atoms with Crippen LogP contribution in [0, 0.1) is 6.92 Å². The summed E-state index contributed by atoms with van der Waals surface area (Å²) in [4.78, 5) is 6.81. The lowest BCUT2D eigenvalue weighted by Crippen LogP contribution is -2.42. The van der Waals surface area contributed by atoms with Gasteiger partial charge in [0.15, 0.2) is 0 Å². The maximum absolute atomic E-state index is 9.11. The highest BCUT2D eigenvalue weighted by molar-refractivity contribution is 5.48. The van der Waals surface area contributed by atoms with Crippen molar-refractivity contribution in [1.29, 1.82) is 0 Å². The van der Waals surface area contributed by atoms with Gasteiger partial charge in [0.1, 0.15) is 5.82 Å². The molecule has 0 saturated heterocycles. The van der Waals surface area contributed by atoms with E-state index in [1.807, 2.05) is 13.0 Å². The molecule has 0 aromatic carbocycles. The summed E-state index contributed by atoms with van der Waals surface area (Å²) in [5.74, 6) is 1.00. The molecule has 0 unspecified atom stereocenters. The molecule has 1 aromatic heterocycles. The van der Waals surface area contributed by atoms with Crippen LogP contribution in [0.4, 0.5) is 5.82 Å². The third-order valence-corrected chi connectivity index (χ3v) is 3.63. The summed E-state index contributed by atoms with van der Waals surface area (Å²) in [7, 11) is 0. The van der Waals surface area contributed by atoms with Crippen molar-refractivity contribution < 1.29 is 10.2 Å². The molecule has 2 N–H and O–H groups in total. The van der Waals surface area contributed by atoms with Gasteiger partial charge in [0, 0.05) is 25.4 Å². The van der Waals surface area contributed by atoms with E-state index >= 15 is 0 Å². The minimum absolute atomic E-state index is 0.0359. The number of rotatable bonds is 6. The normalized spacial score (nSPS) is 15.5. The maximum atomic E-state index is 9.11. The Labute approximate surface area is 108 Å². The first-order valence-corrected chi connectivity index (χ1v) is 6.70. The second kappa shape index (κ2) is 6.16. The number of hydrogen-bond donors (Lipinski definition) is 2. The van der Waals surface area contributed by atoms with Crippen molar-refractivity contribution in [2.45, 2.75) is 45.3 Å². The van der Waals surface area contributed by atoms with Crippen molar-refractivity contribution in [3.63, 3.8) is 0 Å². The average Bonchev–Trinajstić information content (AvgIpc) is 2.32. The average molecular weight is 250 g/mol. The highest BCUT2D eigenvalue weighted by atomic mass is 16.3. The molecule has 0 aliphatic heterocycles. The standard InChI is InChI=1S/C14H22N2O2/c1-11-8-12(10-18)9-15-14(11)16(6-3-7-17)13-4-2-5-13/h8-9,13,17-18H,2-7,10H2,1H3. The van der Waals surface area contributed by atoms with Gasteiger partial charge >= 0.3 is 0 Å². The Bertz CT molecular complexity index is 391. The van der Waals surface area contributed by atoms with E-state index in [2.05, 4.69) is 9.88 Å². The first kappa shape index (κ1) is 13.3. The first-order valence-electron chi connectivity index (χ1n) is 6.70. The van der Waals surface area contributed by atoms with Crippen LogP contribution in [-0.2, 0) is 6.61 Å². The molecule has 1 heterocycles. The summed E-state index contributed by atoms with van der Waals surface area (Å²) in [6.07, 6.45) is 6.24. The summed E-state index contributed by atoms with van der Waals surface area (Å²) in [6, 6.07) is 2.56. The predicted octanol–water partition coefficient (Wildman–Crippen LogP) is 1.62. The molecule has 1 aliphatic rings. The van der Waals surface area contributed by atoms with E-state index in [9.17, 15) is 0 Å². The Kier molecular flexibility index (Phi) is 4.55. The number of anilines is 1. The van der Waals surface area contributed by atoms with Gasteiger partial charge in [-0.05, 0) is 49.8 Å². The van der Waals surface area contributed by atoms with Crippen LogP contribution < -0.4 is 4.90 Å². The van der Waals surface area contributed by atoms with Crippen molar-refractivity contribution >= 4 is 5.82 Å². The second-order valence-corrected chi connectivity index (χ2v) is 5.00. The highest BCUT2D eigenvalue weighted by Gasteiger charge is 2.26. The van der Waals surface area contributed by atoms with E-state index in [-0.39, 0.29) is 13.2 Å². The van der Waals surface area contributed by atoms with Gasteiger partial charge in [-0.1, -0.05) is 0 Å². The number of aliphatic hydroxyl groups excluding tert-OH is 2. The topological polar surface area (TPSA) is 56.6 Å². The molecule has 1 fully saturated rings. The minimum Gasteiger partial charge on any atom is -0.396 e.